The summed E-state index contributed by atoms with van der Waals surface area (Å²) in [5.41, 5.74) is 6.16. The van der Waals surface area contributed by atoms with Crippen LogP contribution in [0.2, 0.25) is 0 Å². The van der Waals surface area contributed by atoms with E-state index in [2.05, 4.69) is 12.2 Å². The van der Waals surface area contributed by atoms with Gasteiger partial charge in [-0.05, 0) is 44.0 Å². The van der Waals surface area contributed by atoms with Crippen molar-refractivity contribution >= 4 is 5.91 Å². The van der Waals surface area contributed by atoms with Crippen LogP contribution in [-0.2, 0) is 0 Å². The first kappa shape index (κ1) is 15.5. The van der Waals surface area contributed by atoms with Crippen molar-refractivity contribution in [3.05, 3.63) is 29.8 Å². The number of carbonyl (C=O) groups is 1. The van der Waals surface area contributed by atoms with Gasteiger partial charge in [0.1, 0.15) is 5.75 Å². The van der Waals surface area contributed by atoms with Crippen molar-refractivity contribution in [1.82, 2.24) is 5.32 Å². The normalized spacial score (nSPS) is 11.9. The summed E-state index contributed by atoms with van der Waals surface area (Å²) in [6, 6.07) is 7.41. The first-order valence-electron chi connectivity index (χ1n) is 6.95. The number of nitrogens with one attached hydrogen (secondary N) is 1. The fourth-order valence-electron chi connectivity index (χ4n) is 1.80. The van der Waals surface area contributed by atoms with E-state index in [-0.39, 0.29) is 11.9 Å². The molecule has 0 heterocycles. The number of benzene rings is 1. The fraction of sp³-hybridized carbons (Fsp3) is 0.533. The van der Waals surface area contributed by atoms with Gasteiger partial charge in [0.2, 0.25) is 0 Å². The first-order chi connectivity index (χ1) is 9.21. The quantitative estimate of drug-likeness (QED) is 0.757. The van der Waals surface area contributed by atoms with E-state index in [1.165, 1.54) is 0 Å². The van der Waals surface area contributed by atoms with Gasteiger partial charge in [0.15, 0.2) is 0 Å². The Morgan fingerprint density at radius 1 is 1.42 bits per heavy atom. The molecular formula is C15H24N2O2. The van der Waals surface area contributed by atoms with Gasteiger partial charge in [-0.25, -0.2) is 0 Å². The number of carbonyl (C=O) groups excluding carboxylic acids is 1. The first-order valence-corrected chi connectivity index (χ1v) is 6.95. The minimum Gasteiger partial charge on any atom is -0.494 e. The highest BCUT2D eigenvalue weighted by atomic mass is 16.5. The molecule has 1 unspecified atom stereocenters. The summed E-state index contributed by atoms with van der Waals surface area (Å²) in [4.78, 5) is 12.1. The molecule has 19 heavy (non-hydrogen) atoms. The molecule has 106 valence electrons. The molecule has 4 heteroatoms. The zero-order valence-electron chi connectivity index (χ0n) is 11.8. The lowest BCUT2D eigenvalue weighted by Crippen LogP contribution is -2.35. The van der Waals surface area contributed by atoms with Gasteiger partial charge in [-0.3, -0.25) is 4.79 Å². The maximum Gasteiger partial charge on any atom is 0.251 e. The summed E-state index contributed by atoms with van der Waals surface area (Å²) in [6.45, 7) is 5.34. The largest absolute Gasteiger partial charge is 0.494 e. The van der Waals surface area contributed by atoms with Crippen molar-refractivity contribution in [3.8, 4) is 5.75 Å². The third-order valence-corrected chi connectivity index (χ3v) is 2.91. The predicted octanol–water partition coefficient (Wildman–Crippen LogP) is 2.33. The predicted molar refractivity (Wildman–Crippen MR) is 77.4 cm³/mol. The molecule has 0 spiro atoms. The van der Waals surface area contributed by atoms with Crippen molar-refractivity contribution in [2.75, 3.05) is 13.2 Å². The van der Waals surface area contributed by atoms with Crippen LogP contribution in [0.25, 0.3) is 0 Å². The molecule has 3 N–H and O–H groups in total. The smallest absolute Gasteiger partial charge is 0.251 e. The lowest BCUT2D eigenvalue weighted by molar-refractivity contribution is 0.0934. The Morgan fingerprint density at radius 3 is 2.84 bits per heavy atom. The summed E-state index contributed by atoms with van der Waals surface area (Å²) in [6.07, 6.45) is 2.63. The highest BCUT2D eigenvalue weighted by molar-refractivity contribution is 5.94. The number of amides is 1. The number of hydrogen-bond acceptors (Lipinski definition) is 3. The minimum atomic E-state index is -0.0674. The second-order valence-electron chi connectivity index (χ2n) is 4.53. The summed E-state index contributed by atoms with van der Waals surface area (Å²) < 4.78 is 5.52. The van der Waals surface area contributed by atoms with Crippen molar-refractivity contribution in [2.45, 2.75) is 39.2 Å². The summed E-state index contributed by atoms with van der Waals surface area (Å²) in [5.74, 6) is 0.670. The number of hydrogen-bond donors (Lipinski definition) is 2. The summed E-state index contributed by atoms with van der Waals surface area (Å²) >= 11 is 0. The molecule has 1 rings (SSSR count). The fourth-order valence-corrected chi connectivity index (χ4v) is 1.80. The van der Waals surface area contributed by atoms with Crippen LogP contribution in [0.5, 0.6) is 5.75 Å². The second-order valence-corrected chi connectivity index (χ2v) is 4.53. The van der Waals surface area contributed by atoms with E-state index in [1.807, 2.05) is 19.1 Å². The van der Waals surface area contributed by atoms with E-state index in [4.69, 9.17) is 10.5 Å². The lowest BCUT2D eigenvalue weighted by atomic mass is 10.1. The van der Waals surface area contributed by atoms with Gasteiger partial charge >= 0.3 is 0 Å². The third-order valence-electron chi connectivity index (χ3n) is 2.91. The van der Waals surface area contributed by atoms with Crippen LogP contribution in [0.1, 0.15) is 43.5 Å². The van der Waals surface area contributed by atoms with Crippen LogP contribution < -0.4 is 15.8 Å². The molecule has 0 radical (unpaired) electrons. The maximum atomic E-state index is 12.1. The monoisotopic (exact) mass is 264 g/mol. The molecule has 1 atom stereocenters. The van der Waals surface area contributed by atoms with Crippen molar-refractivity contribution in [1.29, 1.82) is 0 Å². The van der Waals surface area contributed by atoms with E-state index in [9.17, 15) is 4.79 Å². The lowest BCUT2D eigenvalue weighted by Gasteiger charge is -2.16. The minimum absolute atomic E-state index is 0.0674. The molecule has 0 aliphatic heterocycles. The SMILES string of the molecule is CCCOc1cccc(C(=O)NC(CC)CCN)c1. The van der Waals surface area contributed by atoms with Crippen LogP contribution in [0, 0.1) is 0 Å². The molecule has 0 aromatic heterocycles. The Balaban J connectivity index is 2.65. The van der Waals surface area contributed by atoms with Crippen LogP contribution in [0.4, 0.5) is 0 Å². The van der Waals surface area contributed by atoms with Crippen LogP contribution in [0.15, 0.2) is 24.3 Å². The molecule has 1 aromatic carbocycles. The summed E-state index contributed by atoms with van der Waals surface area (Å²) in [5, 5.41) is 2.99. The standard InChI is InChI=1S/C15H24N2O2/c1-3-10-19-14-7-5-6-12(11-14)15(18)17-13(4-2)8-9-16/h5-7,11,13H,3-4,8-10,16H2,1-2H3,(H,17,18). The van der Waals surface area contributed by atoms with Crippen LogP contribution >= 0.6 is 0 Å². The maximum absolute atomic E-state index is 12.1. The average Bonchev–Trinajstić information content (AvgIpc) is 2.44. The van der Waals surface area contributed by atoms with E-state index in [0.29, 0.717) is 18.7 Å². The summed E-state index contributed by atoms with van der Waals surface area (Å²) in [7, 11) is 0. The van der Waals surface area contributed by atoms with E-state index >= 15 is 0 Å². The molecule has 0 bridgehead atoms. The zero-order chi connectivity index (χ0) is 14.1. The van der Waals surface area contributed by atoms with Gasteiger partial charge in [0.05, 0.1) is 6.61 Å². The van der Waals surface area contributed by atoms with E-state index in [0.717, 1.165) is 25.0 Å². The highest BCUT2D eigenvalue weighted by Crippen LogP contribution is 2.14. The highest BCUT2D eigenvalue weighted by Gasteiger charge is 2.12. The van der Waals surface area contributed by atoms with Gasteiger partial charge < -0.3 is 15.8 Å². The van der Waals surface area contributed by atoms with Crippen LogP contribution in [0.3, 0.4) is 0 Å². The van der Waals surface area contributed by atoms with Gasteiger partial charge in [0, 0.05) is 11.6 Å². The van der Waals surface area contributed by atoms with Gasteiger partial charge in [-0.1, -0.05) is 19.9 Å². The molecule has 0 saturated heterocycles. The Labute approximate surface area is 115 Å². The average molecular weight is 264 g/mol. The van der Waals surface area contributed by atoms with Gasteiger partial charge in [-0.2, -0.15) is 0 Å². The van der Waals surface area contributed by atoms with Crippen molar-refractivity contribution in [3.63, 3.8) is 0 Å². The molecule has 0 aliphatic rings. The number of ether oxygens (including phenoxy) is 1. The molecular weight excluding hydrogens is 240 g/mol. The number of rotatable bonds is 8. The third kappa shape index (κ3) is 5.30. The second kappa shape index (κ2) is 8.53. The van der Waals surface area contributed by atoms with Gasteiger partial charge in [0.25, 0.3) is 5.91 Å². The Hall–Kier alpha value is -1.55. The number of nitrogens with two attached hydrogens (primary N) is 1. The molecule has 0 aliphatic carbocycles. The Morgan fingerprint density at radius 2 is 2.21 bits per heavy atom. The topological polar surface area (TPSA) is 64.3 Å². The molecule has 4 nitrogen and oxygen atoms in total. The Kier molecular flexibility index (Phi) is 6.97. The van der Waals surface area contributed by atoms with Crippen LogP contribution in [-0.4, -0.2) is 25.1 Å². The molecule has 1 amide bonds. The zero-order valence-corrected chi connectivity index (χ0v) is 11.8. The van der Waals surface area contributed by atoms with E-state index < -0.39 is 0 Å². The molecule has 0 fully saturated rings. The molecule has 0 saturated carbocycles. The van der Waals surface area contributed by atoms with Crippen molar-refractivity contribution in [2.24, 2.45) is 5.73 Å². The Bertz CT molecular complexity index is 393. The van der Waals surface area contributed by atoms with Gasteiger partial charge in [-0.15, -0.1) is 0 Å². The van der Waals surface area contributed by atoms with E-state index in [1.54, 1.807) is 12.1 Å². The van der Waals surface area contributed by atoms with Crippen molar-refractivity contribution < 1.29 is 9.53 Å². The molecule has 1 aromatic rings.